The van der Waals surface area contributed by atoms with Gasteiger partial charge in [-0.05, 0) is 34.4 Å². The minimum absolute atomic E-state index is 0.0212. The van der Waals surface area contributed by atoms with E-state index in [-0.39, 0.29) is 5.91 Å². The van der Waals surface area contributed by atoms with Crippen LogP contribution >= 0.6 is 0 Å². The molecule has 0 spiro atoms. The largest absolute Gasteiger partial charge is 0.383 e. The highest BCUT2D eigenvalue weighted by molar-refractivity contribution is 6.05. The van der Waals surface area contributed by atoms with Gasteiger partial charge < -0.3 is 18.8 Å². The number of aromatic nitrogens is 3. The molecule has 0 aliphatic carbocycles. The number of carbonyl (C=O) groups excluding carboxylic acids is 1. The number of likely N-dealkylation sites (N-methyl/N-ethyl adjacent to an activating group) is 1. The highest BCUT2D eigenvalue weighted by atomic mass is 16.5. The monoisotopic (exact) mass is 492 g/mol. The van der Waals surface area contributed by atoms with Crippen LogP contribution in [0.3, 0.4) is 0 Å². The fourth-order valence-electron chi connectivity index (χ4n) is 4.76. The number of ether oxygens (including phenoxy) is 1. The van der Waals surface area contributed by atoms with E-state index in [0.717, 1.165) is 34.1 Å². The summed E-state index contributed by atoms with van der Waals surface area (Å²) in [6.45, 7) is 4.51. The van der Waals surface area contributed by atoms with E-state index in [4.69, 9.17) is 4.74 Å². The Balaban J connectivity index is 1.53. The maximum atomic E-state index is 13.6. The van der Waals surface area contributed by atoms with Gasteiger partial charge in [-0.2, -0.15) is 0 Å². The van der Waals surface area contributed by atoms with Crippen molar-refractivity contribution in [2.45, 2.75) is 20.0 Å². The van der Waals surface area contributed by atoms with Gasteiger partial charge in [0.25, 0.3) is 5.91 Å². The minimum atomic E-state index is -0.0212. The van der Waals surface area contributed by atoms with E-state index in [9.17, 15) is 4.79 Å². The van der Waals surface area contributed by atoms with Gasteiger partial charge >= 0.3 is 0 Å². The van der Waals surface area contributed by atoms with Gasteiger partial charge in [-0.3, -0.25) is 4.79 Å². The van der Waals surface area contributed by atoms with Crippen molar-refractivity contribution in [2.75, 3.05) is 27.3 Å². The summed E-state index contributed by atoms with van der Waals surface area (Å²) in [4.78, 5) is 19.7. The Labute approximate surface area is 217 Å². The highest BCUT2D eigenvalue weighted by Crippen LogP contribution is 2.32. The Kier molecular flexibility index (Phi) is 7.19. The van der Waals surface area contributed by atoms with Crippen molar-refractivity contribution in [1.82, 2.24) is 19.0 Å². The number of carbonyl (C=O) groups is 1. The van der Waals surface area contributed by atoms with Crippen LogP contribution in [0.4, 0.5) is 0 Å². The first-order valence-electron chi connectivity index (χ1n) is 12.5. The van der Waals surface area contributed by atoms with Gasteiger partial charge in [0.05, 0.1) is 30.7 Å². The Bertz CT molecular complexity index is 1530. The van der Waals surface area contributed by atoms with Crippen molar-refractivity contribution >= 4 is 16.7 Å². The Morgan fingerprint density at radius 3 is 2.57 bits per heavy atom. The molecule has 6 nitrogen and oxygen atoms in total. The molecule has 0 aliphatic rings. The zero-order valence-electron chi connectivity index (χ0n) is 21.6. The molecule has 0 saturated heterocycles. The number of rotatable bonds is 9. The van der Waals surface area contributed by atoms with E-state index < -0.39 is 0 Å². The second kappa shape index (κ2) is 10.8. The van der Waals surface area contributed by atoms with Crippen LogP contribution in [-0.2, 0) is 17.8 Å². The first kappa shape index (κ1) is 24.5. The molecular weight excluding hydrogens is 460 g/mol. The van der Waals surface area contributed by atoms with E-state index >= 15 is 0 Å². The molecule has 6 heteroatoms. The topological polar surface area (TPSA) is 52.3 Å². The van der Waals surface area contributed by atoms with Crippen molar-refractivity contribution in [1.29, 1.82) is 0 Å². The number of benzene rings is 3. The summed E-state index contributed by atoms with van der Waals surface area (Å²) in [5.74, 6) is -0.0212. The summed E-state index contributed by atoms with van der Waals surface area (Å²) in [6.07, 6.45) is 7.83. The second-order valence-electron chi connectivity index (χ2n) is 9.44. The molecule has 0 radical (unpaired) electrons. The second-order valence-corrected chi connectivity index (χ2v) is 9.44. The molecule has 0 aliphatic heterocycles. The van der Waals surface area contributed by atoms with Gasteiger partial charge in [-0.1, -0.05) is 66.7 Å². The number of aryl methyl sites for hydroxylation is 1. The van der Waals surface area contributed by atoms with Crippen LogP contribution in [0.2, 0.25) is 0 Å². The molecule has 37 heavy (non-hydrogen) atoms. The number of hydrogen-bond acceptors (Lipinski definition) is 3. The van der Waals surface area contributed by atoms with Gasteiger partial charge in [0, 0.05) is 51.4 Å². The number of amides is 1. The lowest BCUT2D eigenvalue weighted by molar-refractivity contribution is 0.0745. The average molecular weight is 493 g/mol. The fourth-order valence-corrected chi connectivity index (χ4v) is 4.76. The quantitative estimate of drug-likeness (QED) is 0.268. The van der Waals surface area contributed by atoms with Crippen molar-refractivity contribution in [3.05, 3.63) is 114 Å². The molecule has 2 heterocycles. The number of fused-ring (bicyclic) bond motifs is 1. The Morgan fingerprint density at radius 2 is 1.73 bits per heavy atom. The smallest absolute Gasteiger partial charge is 0.255 e. The molecule has 188 valence electrons. The van der Waals surface area contributed by atoms with Crippen LogP contribution < -0.4 is 0 Å². The third kappa shape index (κ3) is 5.20. The molecule has 0 unspecified atom stereocenters. The van der Waals surface area contributed by atoms with Crippen LogP contribution in [0.25, 0.3) is 21.9 Å². The van der Waals surface area contributed by atoms with Gasteiger partial charge in [0.2, 0.25) is 0 Å². The van der Waals surface area contributed by atoms with E-state index in [1.54, 1.807) is 12.0 Å². The maximum absolute atomic E-state index is 13.6. The number of hydrogen-bond donors (Lipinski definition) is 0. The first-order valence-corrected chi connectivity index (χ1v) is 12.5. The molecule has 0 saturated carbocycles. The number of imidazole rings is 1. The SMILES string of the molecule is COCCN(C)C(=O)c1cn(Cc2cncn2Cc2ccccc2C)cc1-c1cccc2ccccc12. The van der Waals surface area contributed by atoms with Crippen LogP contribution in [-0.4, -0.2) is 52.2 Å². The predicted octanol–water partition coefficient (Wildman–Crippen LogP) is 5.63. The molecule has 3 aromatic carbocycles. The zero-order valence-corrected chi connectivity index (χ0v) is 21.6. The average Bonchev–Trinajstić information content (AvgIpc) is 3.54. The third-order valence-corrected chi connectivity index (χ3v) is 6.91. The summed E-state index contributed by atoms with van der Waals surface area (Å²) in [5, 5.41) is 2.27. The fraction of sp³-hybridized carbons (Fsp3) is 0.226. The van der Waals surface area contributed by atoms with Gasteiger partial charge in [-0.25, -0.2) is 4.98 Å². The molecule has 0 atom stereocenters. The molecule has 1 amide bonds. The van der Waals surface area contributed by atoms with Crippen LogP contribution in [0, 0.1) is 6.92 Å². The molecule has 2 aromatic heterocycles. The summed E-state index contributed by atoms with van der Waals surface area (Å²) in [7, 11) is 3.47. The molecule has 5 aromatic rings. The van der Waals surface area contributed by atoms with Gasteiger partial charge in [-0.15, -0.1) is 0 Å². The normalized spacial score (nSPS) is 11.2. The van der Waals surface area contributed by atoms with Gasteiger partial charge in [0.1, 0.15) is 0 Å². The van der Waals surface area contributed by atoms with Crippen LogP contribution in [0.1, 0.15) is 27.2 Å². The van der Waals surface area contributed by atoms with E-state index in [1.165, 1.54) is 11.1 Å². The number of nitrogens with zero attached hydrogens (tertiary/aromatic N) is 4. The molecular formula is C31H32N4O2. The summed E-state index contributed by atoms with van der Waals surface area (Å²) in [6, 6.07) is 23.0. The third-order valence-electron chi connectivity index (χ3n) is 6.91. The Hall–Kier alpha value is -4.16. The first-order chi connectivity index (χ1) is 18.0. The Morgan fingerprint density at radius 1 is 0.946 bits per heavy atom. The summed E-state index contributed by atoms with van der Waals surface area (Å²) < 4.78 is 9.48. The van der Waals surface area contributed by atoms with E-state index in [0.29, 0.717) is 25.3 Å². The van der Waals surface area contributed by atoms with E-state index in [2.05, 4.69) is 81.8 Å². The van der Waals surface area contributed by atoms with Crippen molar-refractivity contribution in [3.8, 4) is 11.1 Å². The number of methoxy groups -OCH3 is 1. The van der Waals surface area contributed by atoms with Gasteiger partial charge in [0.15, 0.2) is 0 Å². The van der Waals surface area contributed by atoms with E-state index in [1.807, 2.05) is 37.9 Å². The van der Waals surface area contributed by atoms with Crippen LogP contribution in [0.15, 0.2) is 91.6 Å². The molecule has 0 fully saturated rings. The molecule has 5 rings (SSSR count). The summed E-state index contributed by atoms with van der Waals surface area (Å²) in [5.41, 5.74) is 6.26. The molecule has 0 bridgehead atoms. The van der Waals surface area contributed by atoms with Crippen molar-refractivity contribution in [3.63, 3.8) is 0 Å². The van der Waals surface area contributed by atoms with Crippen molar-refractivity contribution < 1.29 is 9.53 Å². The minimum Gasteiger partial charge on any atom is -0.383 e. The predicted molar refractivity (Wildman–Crippen MR) is 148 cm³/mol. The lowest BCUT2D eigenvalue weighted by Gasteiger charge is -2.17. The summed E-state index contributed by atoms with van der Waals surface area (Å²) >= 11 is 0. The van der Waals surface area contributed by atoms with Crippen molar-refractivity contribution in [2.24, 2.45) is 0 Å². The lowest BCUT2D eigenvalue weighted by Crippen LogP contribution is -2.30. The standard InChI is InChI=1S/C31H32N4O2/c1-23-9-4-5-11-25(23)18-35-22-32-17-26(35)19-34-20-29(30(21-34)31(36)33(2)15-16-37-3)28-14-8-12-24-10-6-7-13-27(24)28/h4-14,17,20-22H,15-16,18-19H2,1-3H3. The zero-order chi connectivity index (χ0) is 25.8. The highest BCUT2D eigenvalue weighted by Gasteiger charge is 2.21. The lowest BCUT2D eigenvalue weighted by atomic mass is 9.97. The molecule has 0 N–H and O–H groups in total. The van der Waals surface area contributed by atoms with Crippen LogP contribution in [0.5, 0.6) is 0 Å². The maximum Gasteiger partial charge on any atom is 0.255 e.